The molecule has 0 atom stereocenters. The molecular formula is C18H20N2O6S. The van der Waals surface area contributed by atoms with Crippen LogP contribution in [0.3, 0.4) is 0 Å². The van der Waals surface area contributed by atoms with Crippen molar-refractivity contribution in [3.63, 3.8) is 0 Å². The lowest BCUT2D eigenvalue weighted by Gasteiger charge is -2.20. The van der Waals surface area contributed by atoms with Crippen molar-refractivity contribution in [3.05, 3.63) is 54.1 Å². The highest BCUT2D eigenvalue weighted by atomic mass is 32.2. The van der Waals surface area contributed by atoms with Crippen LogP contribution in [0.15, 0.2) is 53.4 Å². The van der Waals surface area contributed by atoms with Gasteiger partial charge in [0.15, 0.2) is 11.5 Å². The Hall–Kier alpha value is -3.04. The molecule has 0 radical (unpaired) electrons. The fourth-order valence-electron chi connectivity index (χ4n) is 2.28. The third-order valence-corrected chi connectivity index (χ3v) is 5.59. The van der Waals surface area contributed by atoms with E-state index in [1.807, 2.05) is 0 Å². The molecule has 0 spiro atoms. The number of nitrogens with one attached hydrogen (secondary N) is 1. The molecular weight excluding hydrogens is 372 g/mol. The Kier molecular flexibility index (Phi) is 6.43. The van der Waals surface area contributed by atoms with Gasteiger partial charge in [-0.2, -0.15) is 0 Å². The van der Waals surface area contributed by atoms with Crippen LogP contribution in [0.1, 0.15) is 5.56 Å². The van der Waals surface area contributed by atoms with Gasteiger partial charge < -0.3 is 9.47 Å². The minimum absolute atomic E-state index is 0.0613. The van der Waals surface area contributed by atoms with Crippen LogP contribution in [0.4, 0.5) is 5.69 Å². The number of benzene rings is 2. The Balaban J connectivity index is 2.29. The van der Waals surface area contributed by atoms with Gasteiger partial charge in [-0.25, -0.2) is 13.9 Å². The third-order valence-electron chi connectivity index (χ3n) is 3.81. The number of carbonyl (C=O) groups is 1. The van der Waals surface area contributed by atoms with Crippen molar-refractivity contribution in [1.82, 2.24) is 5.48 Å². The number of nitrogens with zero attached hydrogens (tertiary/aromatic N) is 1. The molecule has 0 aliphatic rings. The van der Waals surface area contributed by atoms with Gasteiger partial charge in [-0.3, -0.25) is 14.3 Å². The van der Waals surface area contributed by atoms with E-state index in [1.165, 1.54) is 51.0 Å². The molecule has 27 heavy (non-hydrogen) atoms. The Labute approximate surface area is 157 Å². The van der Waals surface area contributed by atoms with E-state index in [-0.39, 0.29) is 4.90 Å². The van der Waals surface area contributed by atoms with E-state index in [0.717, 1.165) is 10.4 Å². The minimum Gasteiger partial charge on any atom is -0.493 e. The van der Waals surface area contributed by atoms with Gasteiger partial charge in [-0.1, -0.05) is 12.1 Å². The standard InChI is InChI=1S/C18H20N2O6S/c1-20(14-7-4-13(5-8-14)6-11-18(21)19-22)27(23,24)15-9-10-16(25-2)17(12-15)26-3/h4-12,22H,1-3H3,(H,19,21)/b11-6+. The number of hydrogen-bond donors (Lipinski definition) is 2. The summed E-state index contributed by atoms with van der Waals surface area (Å²) < 4.78 is 37.2. The monoisotopic (exact) mass is 392 g/mol. The van der Waals surface area contributed by atoms with Crippen LogP contribution in [0.2, 0.25) is 0 Å². The average molecular weight is 392 g/mol. The van der Waals surface area contributed by atoms with Crippen LogP contribution in [-0.4, -0.2) is 40.8 Å². The quantitative estimate of drug-likeness (QED) is 0.424. The summed E-state index contributed by atoms with van der Waals surface area (Å²) in [5.41, 5.74) is 2.59. The van der Waals surface area contributed by atoms with Crippen molar-refractivity contribution in [1.29, 1.82) is 0 Å². The molecule has 1 amide bonds. The highest BCUT2D eigenvalue weighted by molar-refractivity contribution is 7.92. The van der Waals surface area contributed by atoms with Crippen molar-refractivity contribution in [2.45, 2.75) is 4.90 Å². The van der Waals surface area contributed by atoms with Crippen molar-refractivity contribution in [2.24, 2.45) is 0 Å². The zero-order valence-electron chi connectivity index (χ0n) is 15.0. The van der Waals surface area contributed by atoms with E-state index < -0.39 is 15.9 Å². The van der Waals surface area contributed by atoms with E-state index >= 15 is 0 Å². The predicted molar refractivity (Wildman–Crippen MR) is 101 cm³/mol. The predicted octanol–water partition coefficient (Wildman–Crippen LogP) is 2.05. The molecule has 0 bridgehead atoms. The number of carbonyl (C=O) groups excluding carboxylic acids is 1. The summed E-state index contributed by atoms with van der Waals surface area (Å²) >= 11 is 0. The number of anilines is 1. The molecule has 0 aliphatic heterocycles. The lowest BCUT2D eigenvalue weighted by atomic mass is 10.2. The first-order chi connectivity index (χ1) is 12.8. The molecule has 0 saturated carbocycles. The van der Waals surface area contributed by atoms with E-state index in [2.05, 4.69) is 0 Å². The summed E-state index contributed by atoms with van der Waals surface area (Å²) in [5.74, 6) is 0.0870. The molecule has 0 unspecified atom stereocenters. The van der Waals surface area contributed by atoms with Crippen molar-refractivity contribution in [2.75, 3.05) is 25.6 Å². The molecule has 0 heterocycles. The van der Waals surface area contributed by atoms with Gasteiger partial charge in [0.2, 0.25) is 0 Å². The van der Waals surface area contributed by atoms with Gasteiger partial charge in [0, 0.05) is 19.2 Å². The second kappa shape index (κ2) is 8.56. The normalized spacial score (nSPS) is 11.3. The lowest BCUT2D eigenvalue weighted by molar-refractivity contribution is -0.124. The van der Waals surface area contributed by atoms with E-state index in [9.17, 15) is 13.2 Å². The number of hydroxylamine groups is 1. The molecule has 8 nitrogen and oxygen atoms in total. The van der Waals surface area contributed by atoms with Crippen molar-refractivity contribution >= 4 is 27.7 Å². The zero-order chi connectivity index (χ0) is 20.0. The highest BCUT2D eigenvalue weighted by Gasteiger charge is 2.23. The first-order valence-electron chi connectivity index (χ1n) is 7.76. The molecule has 2 aromatic carbocycles. The van der Waals surface area contributed by atoms with Crippen molar-refractivity contribution < 1.29 is 27.9 Å². The molecule has 2 rings (SSSR count). The smallest absolute Gasteiger partial charge is 0.267 e. The number of sulfonamides is 1. The molecule has 0 aliphatic carbocycles. The molecule has 0 saturated heterocycles. The van der Waals surface area contributed by atoms with Gasteiger partial charge in [0.1, 0.15) is 0 Å². The maximum Gasteiger partial charge on any atom is 0.267 e. The van der Waals surface area contributed by atoms with Crippen LogP contribution in [-0.2, 0) is 14.8 Å². The second-order valence-electron chi connectivity index (χ2n) is 5.39. The minimum atomic E-state index is -3.81. The van der Waals surface area contributed by atoms with Gasteiger partial charge in [0.05, 0.1) is 24.8 Å². The van der Waals surface area contributed by atoms with Gasteiger partial charge in [0.25, 0.3) is 15.9 Å². The molecule has 0 aromatic heterocycles. The lowest BCUT2D eigenvalue weighted by Crippen LogP contribution is -2.26. The summed E-state index contributed by atoms with van der Waals surface area (Å²) in [6.45, 7) is 0. The maximum atomic E-state index is 12.9. The van der Waals surface area contributed by atoms with Gasteiger partial charge >= 0.3 is 0 Å². The number of amides is 1. The summed E-state index contributed by atoms with van der Waals surface area (Å²) in [7, 11) is 0.533. The van der Waals surface area contributed by atoms with Crippen LogP contribution in [0.5, 0.6) is 11.5 Å². The maximum absolute atomic E-state index is 12.9. The van der Waals surface area contributed by atoms with Crippen LogP contribution in [0, 0.1) is 0 Å². The first kappa shape index (κ1) is 20.3. The summed E-state index contributed by atoms with van der Waals surface area (Å²) in [6.07, 6.45) is 2.64. The largest absolute Gasteiger partial charge is 0.493 e. The Morgan fingerprint density at radius 1 is 1.07 bits per heavy atom. The number of rotatable bonds is 7. The molecule has 2 N–H and O–H groups in total. The fourth-order valence-corrected chi connectivity index (χ4v) is 3.49. The topological polar surface area (TPSA) is 105 Å². The Morgan fingerprint density at radius 3 is 2.26 bits per heavy atom. The van der Waals surface area contributed by atoms with Crippen LogP contribution in [0.25, 0.3) is 6.08 Å². The molecule has 144 valence electrons. The van der Waals surface area contributed by atoms with E-state index in [1.54, 1.807) is 24.3 Å². The number of ether oxygens (including phenoxy) is 2. The molecule has 9 heteroatoms. The molecule has 2 aromatic rings. The molecule has 0 fully saturated rings. The number of methoxy groups -OCH3 is 2. The van der Waals surface area contributed by atoms with Crippen LogP contribution < -0.4 is 19.3 Å². The summed E-state index contributed by atoms with van der Waals surface area (Å²) in [6, 6.07) is 10.9. The second-order valence-corrected chi connectivity index (χ2v) is 7.36. The first-order valence-corrected chi connectivity index (χ1v) is 9.20. The SMILES string of the molecule is COc1ccc(S(=O)(=O)N(C)c2ccc(/C=C/C(=O)NO)cc2)cc1OC. The van der Waals surface area contributed by atoms with E-state index in [4.69, 9.17) is 14.7 Å². The fraction of sp³-hybridized carbons (Fsp3) is 0.167. The Bertz CT molecular complexity index is 939. The Morgan fingerprint density at radius 2 is 1.70 bits per heavy atom. The van der Waals surface area contributed by atoms with Gasteiger partial charge in [-0.05, 0) is 35.9 Å². The highest BCUT2D eigenvalue weighted by Crippen LogP contribution is 2.31. The average Bonchev–Trinajstić information content (AvgIpc) is 2.71. The van der Waals surface area contributed by atoms with E-state index in [0.29, 0.717) is 22.7 Å². The number of hydrogen-bond acceptors (Lipinski definition) is 6. The van der Waals surface area contributed by atoms with Gasteiger partial charge in [-0.15, -0.1) is 0 Å². The summed E-state index contributed by atoms with van der Waals surface area (Å²) in [4.78, 5) is 11.1. The third kappa shape index (κ3) is 4.57. The van der Waals surface area contributed by atoms with Crippen LogP contribution >= 0.6 is 0 Å². The zero-order valence-corrected chi connectivity index (χ0v) is 15.9. The summed E-state index contributed by atoms with van der Waals surface area (Å²) in [5, 5.41) is 8.46. The van der Waals surface area contributed by atoms with Crippen molar-refractivity contribution in [3.8, 4) is 11.5 Å².